The molecule has 25 heavy (non-hydrogen) atoms. The number of para-hydroxylation sites is 1. The Hall–Kier alpha value is -2.38. The zero-order valence-corrected chi connectivity index (χ0v) is 15.4. The SMILES string of the molecule is COCCn1nc(C)c(CN=C(N)Nc2ccccc2COC)c1C. The van der Waals surface area contributed by atoms with E-state index in [-0.39, 0.29) is 0 Å². The molecule has 0 unspecified atom stereocenters. The van der Waals surface area contributed by atoms with E-state index < -0.39 is 0 Å². The van der Waals surface area contributed by atoms with Crippen LogP contribution in [-0.4, -0.2) is 36.6 Å². The van der Waals surface area contributed by atoms with Crippen molar-refractivity contribution in [3.8, 4) is 0 Å². The van der Waals surface area contributed by atoms with Gasteiger partial charge in [-0.2, -0.15) is 5.10 Å². The summed E-state index contributed by atoms with van der Waals surface area (Å²) in [6.45, 7) is 6.38. The van der Waals surface area contributed by atoms with E-state index in [4.69, 9.17) is 15.2 Å². The molecule has 0 atom stereocenters. The van der Waals surface area contributed by atoms with Crippen molar-refractivity contribution in [3.63, 3.8) is 0 Å². The summed E-state index contributed by atoms with van der Waals surface area (Å²) in [6, 6.07) is 7.86. The lowest BCUT2D eigenvalue weighted by molar-refractivity contribution is 0.182. The molecule has 0 aliphatic rings. The van der Waals surface area contributed by atoms with Crippen molar-refractivity contribution in [1.29, 1.82) is 0 Å². The smallest absolute Gasteiger partial charge is 0.193 e. The van der Waals surface area contributed by atoms with Crippen LogP contribution in [0.25, 0.3) is 0 Å². The molecule has 0 saturated heterocycles. The molecule has 1 heterocycles. The minimum atomic E-state index is 0.368. The van der Waals surface area contributed by atoms with E-state index >= 15 is 0 Å². The third-order valence-corrected chi connectivity index (χ3v) is 4.03. The Morgan fingerprint density at radius 1 is 1.24 bits per heavy atom. The first-order valence-electron chi connectivity index (χ1n) is 8.22. The molecule has 2 aromatic rings. The Morgan fingerprint density at radius 2 is 2.00 bits per heavy atom. The highest BCUT2D eigenvalue weighted by Crippen LogP contribution is 2.17. The first kappa shape index (κ1) is 19.0. The molecule has 0 amide bonds. The van der Waals surface area contributed by atoms with E-state index in [0.717, 1.165) is 34.7 Å². The van der Waals surface area contributed by atoms with Crippen LogP contribution in [0.4, 0.5) is 5.69 Å². The van der Waals surface area contributed by atoms with Crippen molar-refractivity contribution in [2.24, 2.45) is 10.7 Å². The quantitative estimate of drug-likeness (QED) is 0.566. The number of benzene rings is 1. The predicted molar refractivity (Wildman–Crippen MR) is 99.7 cm³/mol. The van der Waals surface area contributed by atoms with Crippen LogP contribution in [-0.2, 0) is 29.2 Å². The summed E-state index contributed by atoms with van der Waals surface area (Å²) in [7, 11) is 3.35. The highest BCUT2D eigenvalue weighted by atomic mass is 16.5. The number of hydrogen-bond donors (Lipinski definition) is 2. The van der Waals surface area contributed by atoms with Crippen LogP contribution in [0.1, 0.15) is 22.5 Å². The molecule has 0 aliphatic carbocycles. The van der Waals surface area contributed by atoms with Crippen LogP contribution in [0.15, 0.2) is 29.3 Å². The number of aryl methyl sites for hydroxylation is 1. The zero-order valence-electron chi connectivity index (χ0n) is 15.4. The van der Waals surface area contributed by atoms with Gasteiger partial charge in [0.15, 0.2) is 5.96 Å². The van der Waals surface area contributed by atoms with Crippen molar-refractivity contribution < 1.29 is 9.47 Å². The van der Waals surface area contributed by atoms with Crippen LogP contribution >= 0.6 is 0 Å². The van der Waals surface area contributed by atoms with Crippen molar-refractivity contribution >= 4 is 11.6 Å². The third-order valence-electron chi connectivity index (χ3n) is 4.03. The standard InChI is InChI=1S/C18H27N5O2/c1-13-16(14(2)23(22-13)9-10-24-3)11-20-18(19)21-17-8-6-5-7-15(17)12-25-4/h5-8H,9-12H2,1-4H3,(H3,19,20,21). The lowest BCUT2D eigenvalue weighted by Gasteiger charge is -2.11. The molecule has 0 aliphatic heterocycles. The molecule has 0 saturated carbocycles. The van der Waals surface area contributed by atoms with Gasteiger partial charge >= 0.3 is 0 Å². The van der Waals surface area contributed by atoms with Crippen LogP contribution in [0.5, 0.6) is 0 Å². The molecule has 7 nitrogen and oxygen atoms in total. The maximum atomic E-state index is 6.06. The predicted octanol–water partition coefficient (Wildman–Crippen LogP) is 2.22. The highest BCUT2D eigenvalue weighted by molar-refractivity contribution is 5.92. The average Bonchev–Trinajstić information content (AvgIpc) is 2.86. The largest absolute Gasteiger partial charge is 0.383 e. The first-order chi connectivity index (χ1) is 12.1. The fraction of sp³-hybridized carbons (Fsp3) is 0.444. The van der Waals surface area contributed by atoms with E-state index in [1.165, 1.54) is 0 Å². The monoisotopic (exact) mass is 345 g/mol. The number of guanidine groups is 1. The average molecular weight is 345 g/mol. The lowest BCUT2D eigenvalue weighted by atomic mass is 10.2. The van der Waals surface area contributed by atoms with E-state index in [9.17, 15) is 0 Å². The van der Waals surface area contributed by atoms with E-state index in [2.05, 4.69) is 15.4 Å². The molecule has 3 N–H and O–H groups in total. The number of aromatic nitrogens is 2. The highest BCUT2D eigenvalue weighted by Gasteiger charge is 2.11. The molecule has 0 fully saturated rings. The summed E-state index contributed by atoms with van der Waals surface area (Å²) in [5.41, 5.74) is 11.1. The van der Waals surface area contributed by atoms with Gasteiger partial charge in [0.1, 0.15) is 0 Å². The van der Waals surface area contributed by atoms with Gasteiger partial charge in [0.05, 0.1) is 32.0 Å². The molecule has 136 valence electrons. The number of aliphatic imine (C=N–C) groups is 1. The van der Waals surface area contributed by atoms with Crippen molar-refractivity contribution in [1.82, 2.24) is 9.78 Å². The molecule has 2 rings (SSSR count). The third kappa shape index (κ3) is 5.04. The molecular weight excluding hydrogens is 318 g/mol. The summed E-state index contributed by atoms with van der Waals surface area (Å²) < 4.78 is 12.3. The van der Waals surface area contributed by atoms with Gasteiger partial charge in [-0.1, -0.05) is 18.2 Å². The Labute approximate surface area is 148 Å². The van der Waals surface area contributed by atoms with Crippen molar-refractivity contribution in [2.75, 3.05) is 26.1 Å². The Balaban J connectivity index is 2.08. The maximum absolute atomic E-state index is 6.06. The van der Waals surface area contributed by atoms with E-state index in [1.807, 2.05) is 42.8 Å². The van der Waals surface area contributed by atoms with Gasteiger partial charge in [-0.25, -0.2) is 4.99 Å². The molecule has 0 bridgehead atoms. The van der Waals surface area contributed by atoms with Gasteiger partial charge in [-0.15, -0.1) is 0 Å². The first-order valence-corrected chi connectivity index (χ1v) is 8.22. The lowest BCUT2D eigenvalue weighted by Crippen LogP contribution is -2.23. The molecule has 0 radical (unpaired) electrons. The normalized spacial score (nSPS) is 11.8. The topological polar surface area (TPSA) is 86.7 Å². The van der Waals surface area contributed by atoms with Crippen LogP contribution in [0, 0.1) is 13.8 Å². The van der Waals surface area contributed by atoms with E-state index in [0.29, 0.717) is 25.7 Å². The van der Waals surface area contributed by atoms with E-state index in [1.54, 1.807) is 14.2 Å². The summed E-state index contributed by atoms with van der Waals surface area (Å²) in [5.74, 6) is 0.368. The van der Waals surface area contributed by atoms with Crippen LogP contribution in [0.2, 0.25) is 0 Å². The van der Waals surface area contributed by atoms with Gasteiger partial charge in [0, 0.05) is 36.7 Å². The minimum absolute atomic E-state index is 0.368. The Morgan fingerprint density at radius 3 is 2.72 bits per heavy atom. The minimum Gasteiger partial charge on any atom is -0.383 e. The number of rotatable bonds is 8. The van der Waals surface area contributed by atoms with Crippen molar-refractivity contribution in [3.05, 3.63) is 46.8 Å². The number of anilines is 1. The van der Waals surface area contributed by atoms with Crippen LogP contribution in [0.3, 0.4) is 0 Å². The molecule has 1 aromatic carbocycles. The van der Waals surface area contributed by atoms with Crippen molar-refractivity contribution in [2.45, 2.75) is 33.5 Å². The number of nitrogens with two attached hydrogens (primary N) is 1. The maximum Gasteiger partial charge on any atom is 0.193 e. The summed E-state index contributed by atoms with van der Waals surface area (Å²) in [6.07, 6.45) is 0. The number of methoxy groups -OCH3 is 2. The molecule has 1 aromatic heterocycles. The molecule has 0 spiro atoms. The second-order valence-electron chi connectivity index (χ2n) is 5.78. The second kappa shape index (κ2) is 9.19. The number of nitrogens with one attached hydrogen (secondary N) is 1. The van der Waals surface area contributed by atoms with Gasteiger partial charge in [0.25, 0.3) is 0 Å². The fourth-order valence-corrected chi connectivity index (χ4v) is 2.62. The molecule has 7 heteroatoms. The van der Waals surface area contributed by atoms with Gasteiger partial charge in [-0.05, 0) is 19.9 Å². The fourth-order valence-electron chi connectivity index (χ4n) is 2.62. The van der Waals surface area contributed by atoms with Gasteiger partial charge < -0.3 is 20.5 Å². The number of nitrogens with zero attached hydrogens (tertiary/aromatic N) is 3. The Bertz CT molecular complexity index is 724. The summed E-state index contributed by atoms with van der Waals surface area (Å²) in [5, 5.41) is 7.68. The second-order valence-corrected chi connectivity index (χ2v) is 5.78. The van der Waals surface area contributed by atoms with Gasteiger partial charge in [0.2, 0.25) is 0 Å². The number of hydrogen-bond acceptors (Lipinski definition) is 4. The number of ether oxygens (including phenoxy) is 2. The van der Waals surface area contributed by atoms with Crippen LogP contribution < -0.4 is 11.1 Å². The Kier molecular flexibility index (Phi) is 6.97. The zero-order chi connectivity index (χ0) is 18.2. The van der Waals surface area contributed by atoms with Gasteiger partial charge in [-0.3, -0.25) is 4.68 Å². The summed E-state index contributed by atoms with van der Waals surface area (Å²) >= 11 is 0. The molecular formula is C18H27N5O2. The summed E-state index contributed by atoms with van der Waals surface area (Å²) in [4.78, 5) is 4.46.